The summed E-state index contributed by atoms with van der Waals surface area (Å²) in [4.78, 5) is 72.2. The minimum absolute atomic E-state index is 0.0183. The molecule has 0 spiro atoms. The number of fused-ring (bicyclic) bond motifs is 3. The molecule has 3 aliphatic heterocycles. The molecule has 6 heterocycles. The van der Waals surface area contributed by atoms with Crippen molar-refractivity contribution in [3.8, 4) is 16.9 Å². The summed E-state index contributed by atoms with van der Waals surface area (Å²) >= 11 is 1.44. The van der Waals surface area contributed by atoms with E-state index >= 15 is 0 Å². The number of piperidine rings is 1. The van der Waals surface area contributed by atoms with Gasteiger partial charge in [-0.25, -0.2) is 19.7 Å². The number of imide groups is 1. The number of carboxylic acids is 1. The van der Waals surface area contributed by atoms with Crippen LogP contribution in [0.1, 0.15) is 107 Å². The van der Waals surface area contributed by atoms with E-state index in [1.165, 1.54) is 24.2 Å². The number of benzene rings is 4. The van der Waals surface area contributed by atoms with E-state index in [1.54, 1.807) is 0 Å². The largest absolute Gasteiger partial charge is 0.490 e. The van der Waals surface area contributed by atoms with Crippen molar-refractivity contribution in [2.24, 2.45) is 18.9 Å². The maximum atomic E-state index is 13.7. The first-order valence-electron chi connectivity index (χ1n) is 26.2. The van der Waals surface area contributed by atoms with E-state index in [4.69, 9.17) is 14.7 Å². The molecule has 16 heteroatoms. The molecule has 74 heavy (non-hydrogen) atoms. The average Bonchev–Trinajstić information content (AvgIpc) is 3.98. The number of aromatic nitrogens is 4. The van der Waals surface area contributed by atoms with Crippen LogP contribution in [0.5, 0.6) is 5.75 Å². The van der Waals surface area contributed by atoms with E-state index in [9.17, 15) is 24.3 Å². The molecular weight excluding hydrogens is 951 g/mol. The zero-order chi connectivity index (χ0) is 51.0. The monoisotopic (exact) mass is 1010 g/mol. The fourth-order valence-electron chi connectivity index (χ4n) is 11.7. The van der Waals surface area contributed by atoms with Crippen LogP contribution in [0, 0.1) is 18.8 Å². The molecule has 3 N–H and O–H groups in total. The molecule has 2 atom stereocenters. The summed E-state index contributed by atoms with van der Waals surface area (Å²) in [6, 6.07) is 29.3. The van der Waals surface area contributed by atoms with E-state index in [1.807, 2.05) is 92.8 Å². The number of rotatable bonds is 14. The molecule has 1 aliphatic carbocycles. The lowest BCUT2D eigenvalue weighted by Crippen LogP contribution is -2.48. The van der Waals surface area contributed by atoms with Gasteiger partial charge in [0.25, 0.3) is 5.91 Å². The predicted molar refractivity (Wildman–Crippen MR) is 289 cm³/mol. The van der Waals surface area contributed by atoms with E-state index in [-0.39, 0.29) is 35.4 Å². The number of thiazole rings is 1. The Morgan fingerprint density at radius 3 is 2.45 bits per heavy atom. The number of carbonyl (C=O) groups excluding carboxylic acids is 3. The number of hydrogen-bond acceptors (Lipinski definition) is 12. The maximum Gasteiger partial charge on any atom is 0.355 e. The van der Waals surface area contributed by atoms with Crippen LogP contribution in [0.4, 0.5) is 16.9 Å². The molecule has 7 aromatic rings. The Balaban J connectivity index is 0.658. The normalized spacial score (nSPS) is 19.9. The number of pyridine rings is 1. The van der Waals surface area contributed by atoms with E-state index in [0.717, 1.165) is 119 Å². The highest BCUT2D eigenvalue weighted by molar-refractivity contribution is 7.22. The quantitative estimate of drug-likeness (QED) is 0.0882. The van der Waals surface area contributed by atoms with Gasteiger partial charge in [0.2, 0.25) is 17.8 Å². The number of aromatic carboxylic acids is 1. The highest BCUT2D eigenvalue weighted by Crippen LogP contribution is 2.38. The number of anilines is 3. The van der Waals surface area contributed by atoms with E-state index < -0.39 is 5.97 Å². The Kier molecular flexibility index (Phi) is 13.9. The van der Waals surface area contributed by atoms with Gasteiger partial charge in [-0.3, -0.25) is 29.9 Å². The number of amides is 3. The van der Waals surface area contributed by atoms with Gasteiger partial charge in [0, 0.05) is 70.4 Å². The number of ether oxygens (including phenoxy) is 1. The molecule has 2 saturated heterocycles. The predicted octanol–water partition coefficient (Wildman–Crippen LogP) is 9.76. The lowest BCUT2D eigenvalue weighted by Gasteiger charge is -2.36. The second kappa shape index (κ2) is 21.0. The van der Waals surface area contributed by atoms with Gasteiger partial charge in [-0.2, -0.15) is 0 Å². The fraction of sp³-hybridized carbons (Fsp3) is 0.397. The van der Waals surface area contributed by atoms with Crippen molar-refractivity contribution in [3.05, 3.63) is 125 Å². The van der Waals surface area contributed by atoms with Crippen molar-refractivity contribution >= 4 is 73.2 Å². The third-order valence-corrected chi connectivity index (χ3v) is 16.9. The summed E-state index contributed by atoms with van der Waals surface area (Å²) in [6.07, 6.45) is 8.35. The number of aryl methyl sites for hydroxylation is 1. The third-order valence-electron chi connectivity index (χ3n) is 15.9. The van der Waals surface area contributed by atoms with Crippen LogP contribution in [0.15, 0.2) is 91.0 Å². The molecule has 3 amide bonds. The van der Waals surface area contributed by atoms with Crippen molar-refractivity contribution in [1.82, 2.24) is 29.7 Å². The Bertz CT molecular complexity index is 3250. The zero-order valence-electron chi connectivity index (χ0n) is 42.3. The fourth-order valence-corrected chi connectivity index (χ4v) is 12.6. The smallest absolute Gasteiger partial charge is 0.355 e. The maximum absolute atomic E-state index is 13.7. The lowest BCUT2D eigenvalue weighted by atomic mass is 9.83. The van der Waals surface area contributed by atoms with Crippen molar-refractivity contribution in [1.29, 1.82) is 0 Å². The Hall–Kier alpha value is -7.17. The number of nitrogens with one attached hydrogen (secondary N) is 2. The van der Waals surface area contributed by atoms with Gasteiger partial charge < -0.3 is 24.2 Å². The van der Waals surface area contributed by atoms with Gasteiger partial charge in [-0.15, -0.1) is 0 Å². The average molecular weight is 1010 g/mol. The molecule has 15 nitrogen and oxygen atoms in total. The molecule has 1 saturated carbocycles. The van der Waals surface area contributed by atoms with Gasteiger partial charge in [-0.1, -0.05) is 67.1 Å². The molecule has 11 rings (SSSR count). The Labute approximate surface area is 435 Å². The van der Waals surface area contributed by atoms with Crippen molar-refractivity contribution < 1.29 is 29.0 Å². The second-order valence-electron chi connectivity index (χ2n) is 20.8. The zero-order valence-corrected chi connectivity index (χ0v) is 43.1. The summed E-state index contributed by atoms with van der Waals surface area (Å²) in [7, 11) is 2.05. The highest BCUT2D eigenvalue weighted by atomic mass is 32.1. The number of carboxylic acid groups (broad SMARTS) is 1. The van der Waals surface area contributed by atoms with Gasteiger partial charge in [-0.05, 0) is 140 Å². The molecule has 4 aromatic carbocycles. The summed E-state index contributed by atoms with van der Waals surface area (Å²) in [5.74, 6) is 1.49. The van der Waals surface area contributed by atoms with Crippen LogP contribution in [-0.2, 0) is 29.6 Å². The molecule has 3 fully saturated rings. The molecule has 0 bridgehead atoms. The third kappa shape index (κ3) is 10.2. The molecule has 2 unspecified atom stereocenters. The number of imidazole rings is 1. The molecule has 3 aromatic heterocycles. The first-order chi connectivity index (χ1) is 35.9. The van der Waals surface area contributed by atoms with Crippen LogP contribution < -0.4 is 25.2 Å². The van der Waals surface area contributed by atoms with Crippen LogP contribution in [0.3, 0.4) is 0 Å². The van der Waals surface area contributed by atoms with Crippen LogP contribution >= 0.6 is 11.3 Å². The number of carbonyl (C=O) groups is 4. The first kappa shape index (κ1) is 49.1. The summed E-state index contributed by atoms with van der Waals surface area (Å²) < 4.78 is 9.85. The van der Waals surface area contributed by atoms with Crippen molar-refractivity contribution in [2.75, 3.05) is 54.4 Å². The van der Waals surface area contributed by atoms with Crippen molar-refractivity contribution in [3.63, 3.8) is 0 Å². The van der Waals surface area contributed by atoms with Crippen molar-refractivity contribution in [2.45, 2.75) is 90.2 Å². The summed E-state index contributed by atoms with van der Waals surface area (Å²) in [6.45, 7) is 10.3. The van der Waals surface area contributed by atoms with Gasteiger partial charge in [0.1, 0.15) is 11.6 Å². The Morgan fingerprint density at radius 1 is 0.838 bits per heavy atom. The van der Waals surface area contributed by atoms with Gasteiger partial charge in [0.15, 0.2) is 10.8 Å². The minimum Gasteiger partial charge on any atom is -0.490 e. The standard InChI is InChI=1S/C58H63N9O6S/c1-35(33-65-28-30-66(31-29-65)58-60-46-23-18-39(32-48(46)64(58)3)42-22-25-52(68)62-54(42)69)14-15-37-16-19-40(20-17-37)73-49-12-7-9-41(36(49)2)43-21-24-51(61-53(43)56(71)72)67-27-26-38-8-6-10-44(45(38)34-67)55(70)63-57-59-47-11-4-5-13-50(47)74-57/h4-13,18,21,23-24,32,35,37,40,42H,14-17,19-20,22,25-31,33-34H2,1-3H3,(H,71,72)(H,59,63,70)(H,62,68,69). The SMILES string of the molecule is Cc1c(OC2CCC(CCC(C)CN3CCN(c4nc5ccc(C6CCC(=O)NC6=O)cc5n4C)CC3)CC2)cccc1-c1ccc(N2CCc3cccc(C(=O)Nc4nc5ccccc5s4)c3C2)nc1C(=O)O. The molecular formula is C58H63N9O6S. The lowest BCUT2D eigenvalue weighted by molar-refractivity contribution is -0.134. The van der Waals surface area contributed by atoms with E-state index in [2.05, 4.69) is 53.9 Å². The second-order valence-corrected chi connectivity index (χ2v) is 21.8. The van der Waals surface area contributed by atoms with Gasteiger partial charge >= 0.3 is 5.97 Å². The minimum atomic E-state index is -1.10. The Morgan fingerprint density at radius 2 is 1.65 bits per heavy atom. The highest BCUT2D eigenvalue weighted by Gasteiger charge is 2.31. The number of hydrogen-bond donors (Lipinski definition) is 3. The number of piperazine rings is 1. The first-order valence-corrected chi connectivity index (χ1v) is 27.0. The van der Waals surface area contributed by atoms with Gasteiger partial charge in [0.05, 0.1) is 33.3 Å². The molecule has 382 valence electrons. The number of para-hydroxylation sites is 1. The van der Waals surface area contributed by atoms with Crippen LogP contribution in [-0.4, -0.2) is 98.6 Å². The van der Waals surface area contributed by atoms with E-state index in [0.29, 0.717) is 66.3 Å². The number of nitrogens with zero attached hydrogens (tertiary/aromatic N) is 7. The van der Waals surface area contributed by atoms with Crippen LogP contribution in [0.2, 0.25) is 0 Å². The topological polar surface area (TPSA) is 175 Å². The summed E-state index contributed by atoms with van der Waals surface area (Å²) in [5.41, 5.74) is 8.44. The summed E-state index contributed by atoms with van der Waals surface area (Å²) in [5, 5.41) is 16.6. The van der Waals surface area contributed by atoms with Crippen LogP contribution in [0.25, 0.3) is 32.4 Å². The molecule has 0 radical (unpaired) electrons. The molecule has 4 aliphatic rings.